The number of nitriles is 1. The van der Waals surface area contributed by atoms with Crippen LogP contribution in [0.15, 0.2) is 48.7 Å². The van der Waals surface area contributed by atoms with Crippen molar-refractivity contribution in [1.82, 2.24) is 15.6 Å². The Bertz CT molecular complexity index is 912. The quantitative estimate of drug-likeness (QED) is 0.689. The Morgan fingerprint density at radius 2 is 1.87 bits per heavy atom. The molecular weight excluding hydrogens is 388 g/mol. The summed E-state index contributed by atoms with van der Waals surface area (Å²) < 4.78 is 0. The third kappa shape index (κ3) is 5.74. The van der Waals surface area contributed by atoms with Crippen molar-refractivity contribution in [2.45, 2.75) is 56.7 Å². The number of piperidine rings is 1. The predicted octanol–water partition coefficient (Wildman–Crippen LogP) is 3.64. The SMILES string of the molecule is N#Cc1cc(N2CCCC(NC3CCCCC3NC(=O)Nc3ccccc3)C2)ccn1. The van der Waals surface area contributed by atoms with Crippen LogP contribution in [0.25, 0.3) is 0 Å². The number of hydrogen-bond donors (Lipinski definition) is 3. The zero-order valence-electron chi connectivity index (χ0n) is 17.8. The van der Waals surface area contributed by atoms with E-state index >= 15 is 0 Å². The van der Waals surface area contributed by atoms with Crippen molar-refractivity contribution in [2.75, 3.05) is 23.3 Å². The van der Waals surface area contributed by atoms with Gasteiger partial charge in [0.1, 0.15) is 11.8 Å². The highest BCUT2D eigenvalue weighted by molar-refractivity contribution is 5.89. The summed E-state index contributed by atoms with van der Waals surface area (Å²) >= 11 is 0. The lowest BCUT2D eigenvalue weighted by Crippen LogP contribution is -2.57. The molecule has 0 bridgehead atoms. The highest BCUT2D eigenvalue weighted by atomic mass is 16.2. The molecule has 0 spiro atoms. The molecule has 1 aliphatic carbocycles. The summed E-state index contributed by atoms with van der Waals surface area (Å²) in [7, 11) is 0. The van der Waals surface area contributed by atoms with Crippen molar-refractivity contribution in [3.05, 3.63) is 54.4 Å². The zero-order chi connectivity index (χ0) is 21.5. The Labute approximate surface area is 183 Å². The van der Waals surface area contributed by atoms with Gasteiger partial charge >= 0.3 is 6.03 Å². The van der Waals surface area contributed by atoms with Gasteiger partial charge in [0.25, 0.3) is 0 Å². The van der Waals surface area contributed by atoms with Gasteiger partial charge < -0.3 is 20.9 Å². The monoisotopic (exact) mass is 418 g/mol. The van der Waals surface area contributed by atoms with E-state index in [9.17, 15) is 4.79 Å². The molecule has 0 radical (unpaired) electrons. The molecular formula is C24H30N6O. The summed E-state index contributed by atoms with van der Waals surface area (Å²) in [6, 6.07) is 16.1. The first-order valence-electron chi connectivity index (χ1n) is 11.2. The topological polar surface area (TPSA) is 93.1 Å². The van der Waals surface area contributed by atoms with Crippen LogP contribution in [0.2, 0.25) is 0 Å². The largest absolute Gasteiger partial charge is 0.370 e. The minimum absolute atomic E-state index is 0.124. The van der Waals surface area contributed by atoms with Gasteiger partial charge in [-0.05, 0) is 49.9 Å². The normalized spacial score (nSPS) is 23.6. The fourth-order valence-corrected chi connectivity index (χ4v) is 4.69. The minimum atomic E-state index is -0.143. The van der Waals surface area contributed by atoms with Crippen LogP contribution in [-0.4, -0.2) is 42.2 Å². The van der Waals surface area contributed by atoms with Crippen molar-refractivity contribution in [3.8, 4) is 6.07 Å². The number of amides is 2. The number of benzene rings is 1. The van der Waals surface area contributed by atoms with E-state index < -0.39 is 0 Å². The summed E-state index contributed by atoms with van der Waals surface area (Å²) in [6.45, 7) is 1.88. The van der Waals surface area contributed by atoms with E-state index in [1.807, 2.05) is 42.5 Å². The second-order valence-electron chi connectivity index (χ2n) is 8.42. The smallest absolute Gasteiger partial charge is 0.319 e. The van der Waals surface area contributed by atoms with Crippen molar-refractivity contribution in [2.24, 2.45) is 0 Å². The number of carbonyl (C=O) groups is 1. The Morgan fingerprint density at radius 1 is 1.06 bits per heavy atom. The van der Waals surface area contributed by atoms with Gasteiger partial charge in [-0.25, -0.2) is 9.78 Å². The van der Waals surface area contributed by atoms with E-state index in [4.69, 9.17) is 5.26 Å². The van der Waals surface area contributed by atoms with Crippen molar-refractivity contribution >= 4 is 17.4 Å². The molecule has 1 aliphatic heterocycles. The summed E-state index contributed by atoms with van der Waals surface area (Å²) in [6.07, 6.45) is 8.30. The summed E-state index contributed by atoms with van der Waals surface area (Å²) in [5.41, 5.74) is 2.31. The van der Waals surface area contributed by atoms with Gasteiger partial charge in [0, 0.05) is 48.8 Å². The predicted molar refractivity (Wildman–Crippen MR) is 122 cm³/mol. The van der Waals surface area contributed by atoms with Crippen molar-refractivity contribution < 1.29 is 4.79 Å². The van der Waals surface area contributed by atoms with Crippen molar-refractivity contribution in [1.29, 1.82) is 5.26 Å². The molecule has 2 aliphatic rings. The fourth-order valence-electron chi connectivity index (χ4n) is 4.69. The number of para-hydroxylation sites is 1. The number of carbonyl (C=O) groups excluding carboxylic acids is 1. The lowest BCUT2D eigenvalue weighted by atomic mass is 9.89. The number of aromatic nitrogens is 1. The Morgan fingerprint density at radius 3 is 2.68 bits per heavy atom. The first kappa shape index (κ1) is 21.1. The van der Waals surface area contributed by atoms with Gasteiger partial charge in [0.2, 0.25) is 0 Å². The van der Waals surface area contributed by atoms with E-state index in [1.165, 1.54) is 6.42 Å². The van der Waals surface area contributed by atoms with E-state index in [1.54, 1.807) is 6.20 Å². The second-order valence-corrected chi connectivity index (χ2v) is 8.42. The summed E-state index contributed by atoms with van der Waals surface area (Å²) in [5.74, 6) is 0. The minimum Gasteiger partial charge on any atom is -0.370 e. The van der Waals surface area contributed by atoms with E-state index in [0.717, 1.165) is 56.6 Å². The third-order valence-electron chi connectivity index (χ3n) is 6.21. The maximum atomic E-state index is 12.5. The molecule has 162 valence electrons. The Hall–Kier alpha value is -3.11. The molecule has 2 fully saturated rings. The molecule has 3 atom stereocenters. The van der Waals surface area contributed by atoms with Crippen LogP contribution in [0, 0.1) is 11.3 Å². The van der Waals surface area contributed by atoms with Gasteiger partial charge in [-0.3, -0.25) is 0 Å². The fraction of sp³-hybridized carbons (Fsp3) is 0.458. The first-order valence-corrected chi connectivity index (χ1v) is 11.2. The highest BCUT2D eigenvalue weighted by Crippen LogP contribution is 2.24. The molecule has 3 N–H and O–H groups in total. The number of rotatable bonds is 5. The van der Waals surface area contributed by atoms with E-state index in [2.05, 4.69) is 31.9 Å². The number of nitrogens with one attached hydrogen (secondary N) is 3. The number of pyridine rings is 1. The number of anilines is 2. The zero-order valence-corrected chi connectivity index (χ0v) is 17.8. The maximum absolute atomic E-state index is 12.5. The molecule has 1 aromatic heterocycles. The molecule has 2 aromatic rings. The van der Waals surface area contributed by atoms with Crippen LogP contribution in [0.1, 0.15) is 44.2 Å². The molecule has 3 unspecified atom stereocenters. The Kier molecular flexibility index (Phi) is 7.00. The second kappa shape index (κ2) is 10.3. The van der Waals surface area contributed by atoms with Crippen LogP contribution in [0.5, 0.6) is 0 Å². The molecule has 1 aromatic carbocycles. The lowest BCUT2D eigenvalue weighted by Gasteiger charge is -2.40. The van der Waals surface area contributed by atoms with Gasteiger partial charge in [-0.2, -0.15) is 5.26 Å². The van der Waals surface area contributed by atoms with E-state index in [0.29, 0.717) is 11.7 Å². The maximum Gasteiger partial charge on any atom is 0.319 e. The molecule has 31 heavy (non-hydrogen) atoms. The summed E-state index contributed by atoms with van der Waals surface area (Å²) in [5, 5.41) is 19.1. The van der Waals surface area contributed by atoms with Gasteiger partial charge in [0.05, 0.1) is 0 Å². The standard InChI is InChI=1S/C24H30N6O/c25-16-20-15-21(12-13-26-20)30-14-6-9-19(17-30)27-22-10-4-5-11-23(22)29-24(31)28-18-7-2-1-3-8-18/h1-3,7-8,12-13,15,19,22-23,27H,4-6,9-11,14,17H2,(H2,28,29,31). The van der Waals surface area contributed by atoms with Gasteiger partial charge in [-0.15, -0.1) is 0 Å². The molecule has 1 saturated heterocycles. The first-order chi connectivity index (χ1) is 15.2. The van der Waals surface area contributed by atoms with Crippen LogP contribution in [0.4, 0.5) is 16.2 Å². The molecule has 7 heteroatoms. The van der Waals surface area contributed by atoms with Crippen LogP contribution in [0.3, 0.4) is 0 Å². The van der Waals surface area contributed by atoms with Crippen LogP contribution < -0.4 is 20.9 Å². The third-order valence-corrected chi connectivity index (χ3v) is 6.21. The van der Waals surface area contributed by atoms with Gasteiger partial charge in [-0.1, -0.05) is 31.0 Å². The van der Waals surface area contributed by atoms with Gasteiger partial charge in [0.15, 0.2) is 0 Å². The Balaban J connectivity index is 1.35. The molecule has 2 amide bonds. The lowest BCUT2D eigenvalue weighted by molar-refractivity contribution is 0.226. The van der Waals surface area contributed by atoms with Crippen molar-refractivity contribution in [3.63, 3.8) is 0 Å². The molecule has 7 nitrogen and oxygen atoms in total. The number of urea groups is 1. The number of nitrogens with zero attached hydrogens (tertiary/aromatic N) is 3. The average Bonchev–Trinajstić information content (AvgIpc) is 2.81. The summed E-state index contributed by atoms with van der Waals surface area (Å²) in [4.78, 5) is 18.9. The number of hydrogen-bond acceptors (Lipinski definition) is 5. The van der Waals surface area contributed by atoms with E-state index in [-0.39, 0.29) is 18.1 Å². The highest BCUT2D eigenvalue weighted by Gasteiger charge is 2.30. The van der Waals surface area contributed by atoms with Crippen LogP contribution >= 0.6 is 0 Å². The van der Waals surface area contributed by atoms with Crippen LogP contribution in [-0.2, 0) is 0 Å². The molecule has 1 saturated carbocycles. The molecule has 2 heterocycles. The average molecular weight is 419 g/mol. The molecule has 4 rings (SSSR count).